The fraction of sp³-hybridized carbons (Fsp3) is 0.842. The number of allylic oxidation sites excluding steroid dienone is 2. The monoisotopic (exact) mass is 290 g/mol. The van der Waals surface area contributed by atoms with E-state index in [0.29, 0.717) is 5.92 Å². The third kappa shape index (κ3) is 2.01. The number of rotatable bonds is 2. The summed E-state index contributed by atoms with van der Waals surface area (Å²) in [7, 11) is 0. The quantitative estimate of drug-likeness (QED) is 0.723. The highest BCUT2D eigenvalue weighted by molar-refractivity contribution is 5.75. The van der Waals surface area contributed by atoms with E-state index >= 15 is 0 Å². The fourth-order valence-corrected chi connectivity index (χ4v) is 6.07. The van der Waals surface area contributed by atoms with Crippen LogP contribution < -0.4 is 0 Å². The van der Waals surface area contributed by atoms with Crippen LogP contribution >= 0.6 is 0 Å². The number of hydrogen-bond donors (Lipinski definition) is 1. The zero-order valence-electron chi connectivity index (χ0n) is 13.8. The van der Waals surface area contributed by atoms with Crippen LogP contribution in [0.15, 0.2) is 11.6 Å². The summed E-state index contributed by atoms with van der Waals surface area (Å²) in [5.74, 6) is 1.29. The summed E-state index contributed by atoms with van der Waals surface area (Å²) in [6, 6.07) is 0. The summed E-state index contributed by atoms with van der Waals surface area (Å²) in [5.41, 5.74) is 1.33. The van der Waals surface area contributed by atoms with Gasteiger partial charge in [-0.25, -0.2) is 0 Å². The molecule has 2 saturated carbocycles. The minimum atomic E-state index is -0.562. The Morgan fingerprint density at radius 3 is 2.76 bits per heavy atom. The van der Waals surface area contributed by atoms with E-state index in [1.54, 1.807) is 5.57 Å². The Morgan fingerprint density at radius 1 is 1.33 bits per heavy atom. The van der Waals surface area contributed by atoms with Crippen LogP contribution in [0.5, 0.6) is 0 Å². The first-order valence-electron chi connectivity index (χ1n) is 8.89. The van der Waals surface area contributed by atoms with Crippen LogP contribution in [-0.2, 0) is 4.79 Å². The van der Waals surface area contributed by atoms with Gasteiger partial charge in [-0.1, -0.05) is 31.9 Å². The van der Waals surface area contributed by atoms with Gasteiger partial charge in [-0.2, -0.15) is 0 Å². The van der Waals surface area contributed by atoms with Gasteiger partial charge in [0.05, 0.1) is 5.41 Å². The Bertz CT molecular complexity index is 466. The molecule has 3 rings (SSSR count). The fourth-order valence-electron chi connectivity index (χ4n) is 6.07. The molecule has 0 saturated heterocycles. The summed E-state index contributed by atoms with van der Waals surface area (Å²) >= 11 is 0. The molecule has 2 nitrogen and oxygen atoms in total. The first kappa shape index (κ1) is 15.1. The molecule has 5 atom stereocenters. The molecule has 0 aromatic rings. The first-order valence-corrected chi connectivity index (χ1v) is 8.89. The summed E-state index contributed by atoms with van der Waals surface area (Å²) in [6.45, 7) is 6.72. The molecule has 0 amide bonds. The molecule has 0 aromatic heterocycles. The molecule has 2 heteroatoms. The zero-order chi connectivity index (χ0) is 15.3. The van der Waals surface area contributed by atoms with Crippen LogP contribution in [0.3, 0.4) is 0 Å². The summed E-state index contributed by atoms with van der Waals surface area (Å²) < 4.78 is 0. The second kappa shape index (κ2) is 5.14. The number of carboxylic acid groups (broad SMARTS) is 1. The van der Waals surface area contributed by atoms with E-state index in [9.17, 15) is 9.90 Å². The molecule has 1 N–H and O–H groups in total. The van der Waals surface area contributed by atoms with Crippen molar-refractivity contribution in [2.45, 2.75) is 72.1 Å². The molecule has 0 bridgehead atoms. The Kier molecular flexibility index (Phi) is 3.70. The van der Waals surface area contributed by atoms with Gasteiger partial charge in [-0.05, 0) is 75.0 Å². The topological polar surface area (TPSA) is 37.3 Å². The second-order valence-corrected chi connectivity index (χ2v) is 8.04. The maximum Gasteiger partial charge on any atom is 0.309 e. The number of hydrogen-bond acceptors (Lipinski definition) is 1. The zero-order valence-corrected chi connectivity index (χ0v) is 13.8. The molecule has 3 aliphatic carbocycles. The van der Waals surface area contributed by atoms with Gasteiger partial charge < -0.3 is 5.11 Å². The third-order valence-electron chi connectivity index (χ3n) is 7.29. The molecule has 2 unspecified atom stereocenters. The normalized spacial score (nSPS) is 46.2. The highest BCUT2D eigenvalue weighted by atomic mass is 16.4. The number of aliphatic carboxylic acids is 1. The minimum Gasteiger partial charge on any atom is -0.481 e. The van der Waals surface area contributed by atoms with E-state index in [1.807, 2.05) is 6.92 Å². The van der Waals surface area contributed by atoms with Crippen LogP contribution in [0, 0.1) is 28.6 Å². The van der Waals surface area contributed by atoms with E-state index in [2.05, 4.69) is 19.9 Å². The van der Waals surface area contributed by atoms with Crippen molar-refractivity contribution in [1.29, 1.82) is 0 Å². The molecule has 0 aromatic carbocycles. The lowest BCUT2D eigenvalue weighted by molar-refractivity contribution is -0.161. The van der Waals surface area contributed by atoms with Crippen molar-refractivity contribution in [2.24, 2.45) is 28.6 Å². The van der Waals surface area contributed by atoms with Crippen LogP contribution in [0.4, 0.5) is 0 Å². The molecule has 0 aliphatic heterocycles. The van der Waals surface area contributed by atoms with E-state index in [4.69, 9.17) is 0 Å². The molecular formula is C19H30O2. The Morgan fingerprint density at radius 2 is 2.10 bits per heavy atom. The van der Waals surface area contributed by atoms with Crippen molar-refractivity contribution in [3.63, 3.8) is 0 Å². The smallest absolute Gasteiger partial charge is 0.309 e. The molecule has 0 radical (unpaired) electrons. The van der Waals surface area contributed by atoms with Gasteiger partial charge in [-0.15, -0.1) is 0 Å². The largest absolute Gasteiger partial charge is 0.481 e. The van der Waals surface area contributed by atoms with Crippen molar-refractivity contribution in [3.8, 4) is 0 Å². The molecule has 3 aliphatic rings. The van der Waals surface area contributed by atoms with Crippen LogP contribution in [0.2, 0.25) is 0 Å². The minimum absolute atomic E-state index is 0.184. The van der Waals surface area contributed by atoms with E-state index < -0.39 is 11.4 Å². The predicted octanol–water partition coefficient (Wildman–Crippen LogP) is 5.04. The Hall–Kier alpha value is -0.790. The second-order valence-electron chi connectivity index (χ2n) is 8.04. The van der Waals surface area contributed by atoms with E-state index in [0.717, 1.165) is 37.5 Å². The number of carbonyl (C=O) groups is 1. The maximum absolute atomic E-state index is 12.0. The van der Waals surface area contributed by atoms with Crippen molar-refractivity contribution >= 4 is 5.97 Å². The number of carboxylic acids is 1. The van der Waals surface area contributed by atoms with Crippen LogP contribution in [0.1, 0.15) is 72.1 Å². The average molecular weight is 290 g/mol. The van der Waals surface area contributed by atoms with Crippen molar-refractivity contribution in [3.05, 3.63) is 11.6 Å². The molecule has 0 heterocycles. The SMILES string of the molecule is CCC12CCC[C@@](C)(C(=O)O)[C@H]1CC[C@@H]1C2=CCCC1C. The predicted molar refractivity (Wildman–Crippen MR) is 85.0 cm³/mol. The summed E-state index contributed by atoms with van der Waals surface area (Å²) in [4.78, 5) is 12.0. The lowest BCUT2D eigenvalue weighted by Gasteiger charge is -2.59. The molecule has 21 heavy (non-hydrogen) atoms. The van der Waals surface area contributed by atoms with Gasteiger partial charge in [0.1, 0.15) is 0 Å². The third-order valence-corrected chi connectivity index (χ3v) is 7.29. The van der Waals surface area contributed by atoms with Crippen molar-refractivity contribution < 1.29 is 9.90 Å². The lowest BCUT2D eigenvalue weighted by atomic mass is 9.45. The van der Waals surface area contributed by atoms with Gasteiger partial charge >= 0.3 is 5.97 Å². The van der Waals surface area contributed by atoms with E-state index in [-0.39, 0.29) is 5.41 Å². The lowest BCUT2D eigenvalue weighted by Crippen LogP contribution is -2.54. The van der Waals surface area contributed by atoms with Crippen molar-refractivity contribution in [1.82, 2.24) is 0 Å². The standard InChI is InChI=1S/C19H30O2/c1-4-19-12-6-11-18(3,17(20)21)16(19)10-9-14-13(2)7-5-8-15(14)19/h8,13-14,16H,4-7,9-12H2,1-3H3,(H,20,21)/t13?,14-,16+,18+,19?/m0/s1. The summed E-state index contributed by atoms with van der Waals surface area (Å²) in [5, 5.41) is 9.87. The Labute approximate surface area is 129 Å². The summed E-state index contributed by atoms with van der Waals surface area (Å²) in [6.07, 6.45) is 11.6. The Balaban J connectivity index is 2.06. The van der Waals surface area contributed by atoms with Crippen LogP contribution in [-0.4, -0.2) is 11.1 Å². The van der Waals surface area contributed by atoms with Gasteiger partial charge in [0, 0.05) is 0 Å². The molecule has 2 fully saturated rings. The van der Waals surface area contributed by atoms with Crippen LogP contribution in [0.25, 0.3) is 0 Å². The number of fused-ring (bicyclic) bond motifs is 3. The van der Waals surface area contributed by atoms with Gasteiger partial charge in [0.25, 0.3) is 0 Å². The van der Waals surface area contributed by atoms with Gasteiger partial charge in [0.15, 0.2) is 0 Å². The highest BCUT2D eigenvalue weighted by Gasteiger charge is 2.58. The first-order chi connectivity index (χ1) is 9.95. The molecule has 118 valence electrons. The van der Waals surface area contributed by atoms with E-state index in [1.165, 1.54) is 25.7 Å². The maximum atomic E-state index is 12.0. The average Bonchev–Trinajstić information content (AvgIpc) is 2.47. The molecule has 0 spiro atoms. The van der Waals surface area contributed by atoms with Crippen molar-refractivity contribution in [2.75, 3.05) is 0 Å². The van der Waals surface area contributed by atoms with Gasteiger partial charge in [0.2, 0.25) is 0 Å². The molecular weight excluding hydrogens is 260 g/mol. The highest BCUT2D eigenvalue weighted by Crippen LogP contribution is 2.64. The van der Waals surface area contributed by atoms with Gasteiger partial charge in [-0.3, -0.25) is 4.79 Å².